The quantitative estimate of drug-likeness (QED) is 0.277. The van der Waals surface area contributed by atoms with E-state index in [2.05, 4.69) is 83.6 Å². The Balaban J connectivity index is 0.00000338. The first-order valence-corrected chi connectivity index (χ1v) is 9.48. The lowest BCUT2D eigenvalue weighted by atomic mass is 10.1. The van der Waals surface area contributed by atoms with E-state index in [4.69, 9.17) is 0 Å². The summed E-state index contributed by atoms with van der Waals surface area (Å²) in [7, 11) is 3.99. The van der Waals surface area contributed by atoms with Gasteiger partial charge < -0.3 is 15.5 Å². The van der Waals surface area contributed by atoms with Gasteiger partial charge in [0.2, 0.25) is 0 Å². The standard InChI is InChI=1S/C20H35N5.HI/c1-16(2)25-14-17(3)19(15-25)23-20(21-4)22-12-9-13-24(5)18-10-7-6-8-11-18;/h6-8,10-11,16-17,19H,9,12-15H2,1-5H3,(H2,21,22,23);1H. The van der Waals surface area contributed by atoms with E-state index < -0.39 is 0 Å². The molecule has 2 rings (SSSR count). The van der Waals surface area contributed by atoms with Crippen LogP contribution in [0.3, 0.4) is 0 Å². The van der Waals surface area contributed by atoms with Crippen molar-refractivity contribution in [3.05, 3.63) is 30.3 Å². The van der Waals surface area contributed by atoms with Crippen molar-refractivity contribution in [3.63, 3.8) is 0 Å². The number of likely N-dealkylation sites (tertiary alicyclic amines) is 1. The number of halogens is 1. The molecule has 1 saturated heterocycles. The van der Waals surface area contributed by atoms with E-state index in [1.54, 1.807) is 0 Å². The van der Waals surface area contributed by atoms with Crippen LogP contribution in [0.2, 0.25) is 0 Å². The number of nitrogens with one attached hydrogen (secondary N) is 2. The van der Waals surface area contributed by atoms with E-state index in [1.165, 1.54) is 5.69 Å². The van der Waals surface area contributed by atoms with Gasteiger partial charge >= 0.3 is 0 Å². The molecule has 1 aliphatic rings. The number of guanidine groups is 1. The molecule has 1 heterocycles. The van der Waals surface area contributed by atoms with Gasteiger partial charge in [-0.2, -0.15) is 0 Å². The van der Waals surface area contributed by atoms with E-state index in [0.717, 1.165) is 38.6 Å². The number of para-hydroxylation sites is 1. The monoisotopic (exact) mass is 473 g/mol. The van der Waals surface area contributed by atoms with Crippen LogP contribution in [-0.4, -0.2) is 63.2 Å². The molecule has 1 aromatic carbocycles. The Hall–Kier alpha value is -1.02. The van der Waals surface area contributed by atoms with Gasteiger partial charge in [0.05, 0.1) is 0 Å². The minimum atomic E-state index is 0. The number of nitrogens with zero attached hydrogens (tertiary/aromatic N) is 3. The minimum absolute atomic E-state index is 0. The molecule has 0 aliphatic carbocycles. The molecule has 1 aromatic rings. The Kier molecular flexibility index (Phi) is 10.3. The Bertz CT molecular complexity index is 534. The fourth-order valence-electron chi connectivity index (χ4n) is 3.32. The summed E-state index contributed by atoms with van der Waals surface area (Å²) in [5, 5.41) is 7.07. The summed E-state index contributed by atoms with van der Waals surface area (Å²) in [5.74, 6) is 1.56. The van der Waals surface area contributed by atoms with Crippen molar-refractivity contribution < 1.29 is 0 Å². The van der Waals surface area contributed by atoms with E-state index in [-0.39, 0.29) is 24.0 Å². The summed E-state index contributed by atoms with van der Waals surface area (Å²) in [4.78, 5) is 9.21. The second kappa shape index (κ2) is 11.6. The fraction of sp³-hybridized carbons (Fsp3) is 0.650. The molecule has 2 unspecified atom stereocenters. The summed E-state index contributed by atoms with van der Waals surface area (Å²) >= 11 is 0. The zero-order chi connectivity index (χ0) is 18.2. The van der Waals surface area contributed by atoms with Crippen LogP contribution in [0.25, 0.3) is 0 Å². The molecule has 148 valence electrons. The summed E-state index contributed by atoms with van der Waals surface area (Å²) < 4.78 is 0. The van der Waals surface area contributed by atoms with Crippen LogP contribution in [-0.2, 0) is 0 Å². The van der Waals surface area contributed by atoms with Gasteiger partial charge in [-0.15, -0.1) is 24.0 Å². The predicted octanol–water partition coefficient (Wildman–Crippen LogP) is 3.02. The molecule has 0 saturated carbocycles. The van der Waals surface area contributed by atoms with Crippen molar-refractivity contribution in [2.75, 3.05) is 45.2 Å². The van der Waals surface area contributed by atoms with E-state index in [9.17, 15) is 0 Å². The minimum Gasteiger partial charge on any atom is -0.375 e. The molecular formula is C20H36IN5. The lowest BCUT2D eigenvalue weighted by molar-refractivity contribution is 0.265. The van der Waals surface area contributed by atoms with E-state index in [1.807, 2.05) is 7.05 Å². The molecule has 5 nitrogen and oxygen atoms in total. The highest BCUT2D eigenvalue weighted by atomic mass is 127. The first-order chi connectivity index (χ1) is 12.0. The first kappa shape index (κ1) is 23.0. The zero-order valence-electron chi connectivity index (χ0n) is 16.9. The van der Waals surface area contributed by atoms with Crippen molar-refractivity contribution in [1.82, 2.24) is 15.5 Å². The van der Waals surface area contributed by atoms with Crippen molar-refractivity contribution in [2.45, 2.75) is 39.3 Å². The number of benzene rings is 1. The Morgan fingerprint density at radius 2 is 1.96 bits per heavy atom. The Morgan fingerprint density at radius 3 is 2.54 bits per heavy atom. The van der Waals surface area contributed by atoms with Crippen molar-refractivity contribution in [2.24, 2.45) is 10.9 Å². The average molecular weight is 473 g/mol. The van der Waals surface area contributed by atoms with Gasteiger partial charge in [0.1, 0.15) is 0 Å². The van der Waals surface area contributed by atoms with Crippen LogP contribution < -0.4 is 15.5 Å². The van der Waals surface area contributed by atoms with Gasteiger partial charge in [-0.3, -0.25) is 9.89 Å². The molecule has 26 heavy (non-hydrogen) atoms. The molecule has 2 atom stereocenters. The van der Waals surface area contributed by atoms with Crippen LogP contribution in [0.15, 0.2) is 35.3 Å². The smallest absolute Gasteiger partial charge is 0.191 e. The van der Waals surface area contributed by atoms with Crippen LogP contribution >= 0.6 is 24.0 Å². The SMILES string of the molecule is CN=C(NCCCN(C)c1ccccc1)NC1CN(C(C)C)CC1C.I. The van der Waals surface area contributed by atoms with Crippen LogP contribution in [0.4, 0.5) is 5.69 Å². The number of rotatable bonds is 7. The second-order valence-electron chi connectivity index (χ2n) is 7.39. The number of anilines is 1. The molecule has 0 bridgehead atoms. The van der Waals surface area contributed by atoms with Crippen LogP contribution in [0.1, 0.15) is 27.2 Å². The van der Waals surface area contributed by atoms with Crippen molar-refractivity contribution in [3.8, 4) is 0 Å². The third kappa shape index (κ3) is 6.95. The van der Waals surface area contributed by atoms with Gasteiger partial charge in [-0.05, 0) is 38.3 Å². The Labute approximate surface area is 176 Å². The molecule has 0 amide bonds. The van der Waals surface area contributed by atoms with Gasteiger partial charge in [0, 0.05) is 58.0 Å². The average Bonchev–Trinajstić information content (AvgIpc) is 2.99. The highest BCUT2D eigenvalue weighted by molar-refractivity contribution is 14.0. The lowest BCUT2D eigenvalue weighted by Gasteiger charge is -2.22. The van der Waals surface area contributed by atoms with Crippen molar-refractivity contribution >= 4 is 35.6 Å². The number of aliphatic imine (C=N–C) groups is 1. The predicted molar refractivity (Wildman–Crippen MR) is 124 cm³/mol. The normalized spacial score (nSPS) is 20.8. The maximum absolute atomic E-state index is 4.39. The highest BCUT2D eigenvalue weighted by Gasteiger charge is 2.31. The summed E-state index contributed by atoms with van der Waals surface area (Å²) in [5.41, 5.74) is 1.26. The van der Waals surface area contributed by atoms with Crippen molar-refractivity contribution in [1.29, 1.82) is 0 Å². The third-order valence-electron chi connectivity index (χ3n) is 5.08. The highest BCUT2D eigenvalue weighted by Crippen LogP contribution is 2.18. The molecule has 1 aliphatic heterocycles. The van der Waals surface area contributed by atoms with Crippen LogP contribution in [0, 0.1) is 5.92 Å². The Morgan fingerprint density at radius 1 is 1.27 bits per heavy atom. The summed E-state index contributed by atoms with van der Waals surface area (Å²) in [6, 6.07) is 11.6. The molecule has 0 spiro atoms. The maximum Gasteiger partial charge on any atom is 0.191 e. The van der Waals surface area contributed by atoms with Gasteiger partial charge in [0.25, 0.3) is 0 Å². The summed E-state index contributed by atoms with van der Waals surface area (Å²) in [6.07, 6.45) is 1.07. The van der Waals surface area contributed by atoms with E-state index >= 15 is 0 Å². The lowest BCUT2D eigenvalue weighted by Crippen LogP contribution is -2.47. The summed E-state index contributed by atoms with van der Waals surface area (Å²) in [6.45, 7) is 11.1. The molecule has 0 radical (unpaired) electrons. The van der Waals surface area contributed by atoms with Crippen LogP contribution in [0.5, 0.6) is 0 Å². The zero-order valence-corrected chi connectivity index (χ0v) is 19.2. The fourth-order valence-corrected chi connectivity index (χ4v) is 3.32. The maximum atomic E-state index is 4.39. The number of hydrogen-bond acceptors (Lipinski definition) is 3. The number of hydrogen-bond donors (Lipinski definition) is 2. The van der Waals surface area contributed by atoms with Gasteiger partial charge in [-0.25, -0.2) is 0 Å². The van der Waals surface area contributed by atoms with Gasteiger partial charge in [-0.1, -0.05) is 25.1 Å². The van der Waals surface area contributed by atoms with Gasteiger partial charge in [0.15, 0.2) is 5.96 Å². The largest absolute Gasteiger partial charge is 0.375 e. The third-order valence-corrected chi connectivity index (χ3v) is 5.08. The molecule has 1 fully saturated rings. The van der Waals surface area contributed by atoms with E-state index in [0.29, 0.717) is 18.0 Å². The molecule has 2 N–H and O–H groups in total. The second-order valence-corrected chi connectivity index (χ2v) is 7.39. The first-order valence-electron chi connectivity index (χ1n) is 9.48. The molecular weight excluding hydrogens is 437 g/mol. The molecule has 6 heteroatoms. The molecule has 0 aromatic heterocycles. The topological polar surface area (TPSA) is 42.9 Å².